The van der Waals surface area contributed by atoms with Gasteiger partial charge in [0.2, 0.25) is 5.91 Å². The number of aromatic nitrogens is 2. The number of rotatable bonds is 6. The van der Waals surface area contributed by atoms with Gasteiger partial charge in [0.25, 0.3) is 0 Å². The Balaban J connectivity index is 1.47. The van der Waals surface area contributed by atoms with Gasteiger partial charge in [-0.2, -0.15) is 5.10 Å². The van der Waals surface area contributed by atoms with E-state index in [1.807, 2.05) is 0 Å². The van der Waals surface area contributed by atoms with Gasteiger partial charge in [0.1, 0.15) is 12.4 Å². The van der Waals surface area contributed by atoms with Crippen molar-refractivity contribution in [3.05, 3.63) is 46.3 Å². The molecule has 1 atom stereocenters. The first kappa shape index (κ1) is 21.8. The van der Waals surface area contributed by atoms with E-state index in [2.05, 4.69) is 58.6 Å². The number of fused-ring (bicyclic) bond motifs is 1. The van der Waals surface area contributed by atoms with Gasteiger partial charge in [-0.05, 0) is 57.9 Å². The van der Waals surface area contributed by atoms with E-state index in [0.29, 0.717) is 6.61 Å². The Kier molecular flexibility index (Phi) is 6.62. The number of nitrogens with zero attached hydrogens (tertiary/aromatic N) is 4. The fourth-order valence-electron chi connectivity index (χ4n) is 4.92. The highest BCUT2D eigenvalue weighted by Gasteiger charge is 2.24. The number of hydrogen-bond acceptors (Lipinski definition) is 5. The normalized spacial score (nSPS) is 20.2. The van der Waals surface area contributed by atoms with Crippen molar-refractivity contribution in [2.24, 2.45) is 11.7 Å². The molecule has 168 valence electrons. The maximum Gasteiger partial charge on any atom is 0.221 e. The summed E-state index contributed by atoms with van der Waals surface area (Å²) in [6, 6.07) is 6.54. The van der Waals surface area contributed by atoms with Crippen LogP contribution >= 0.6 is 0 Å². The largest absolute Gasteiger partial charge is 0.492 e. The molecule has 0 bridgehead atoms. The zero-order valence-electron chi connectivity index (χ0n) is 19.1. The van der Waals surface area contributed by atoms with Crippen LogP contribution < -0.4 is 10.5 Å². The van der Waals surface area contributed by atoms with E-state index in [1.54, 1.807) is 0 Å². The second kappa shape index (κ2) is 9.40. The molecule has 31 heavy (non-hydrogen) atoms. The Morgan fingerprint density at radius 1 is 1.23 bits per heavy atom. The number of nitrogens with two attached hydrogens (primary N) is 1. The van der Waals surface area contributed by atoms with Crippen LogP contribution in [0.3, 0.4) is 0 Å². The van der Waals surface area contributed by atoms with E-state index in [4.69, 9.17) is 10.5 Å². The molecule has 4 rings (SSSR count). The Morgan fingerprint density at radius 3 is 2.81 bits per heavy atom. The van der Waals surface area contributed by atoms with Crippen LogP contribution in [0, 0.1) is 19.8 Å². The van der Waals surface area contributed by atoms with Gasteiger partial charge >= 0.3 is 0 Å². The topological polar surface area (TPSA) is 76.6 Å². The number of likely N-dealkylation sites (tertiary alicyclic amines) is 1. The molecule has 1 fully saturated rings. The molecule has 2 aliphatic rings. The summed E-state index contributed by atoms with van der Waals surface area (Å²) in [6.07, 6.45) is 1.94. The van der Waals surface area contributed by atoms with Crippen LogP contribution in [0.2, 0.25) is 0 Å². The van der Waals surface area contributed by atoms with Crippen molar-refractivity contribution in [3.63, 3.8) is 0 Å². The van der Waals surface area contributed by atoms with Crippen LogP contribution in [-0.4, -0.2) is 51.7 Å². The first-order valence-electron chi connectivity index (χ1n) is 11.5. The molecule has 7 nitrogen and oxygen atoms in total. The Labute approximate surface area is 185 Å². The molecule has 0 radical (unpaired) electrons. The number of benzene rings is 1. The number of primary amides is 1. The number of aryl methyl sites for hydroxylation is 2. The van der Waals surface area contributed by atoms with Crippen molar-refractivity contribution < 1.29 is 9.53 Å². The third-order valence-electron chi connectivity index (χ3n) is 6.71. The number of carbonyl (C=O) groups excluding carboxylic acids is 1. The van der Waals surface area contributed by atoms with E-state index in [0.717, 1.165) is 70.1 Å². The predicted octanol–water partition coefficient (Wildman–Crippen LogP) is 2.61. The Morgan fingerprint density at radius 2 is 2.06 bits per heavy atom. The summed E-state index contributed by atoms with van der Waals surface area (Å²) in [6.45, 7) is 13.3. The van der Waals surface area contributed by atoms with Crippen molar-refractivity contribution in [1.82, 2.24) is 19.6 Å². The standard InChI is InChI=1S/C24H35N5O2/c1-4-29-18(3)22(17(2)26-29)16-28-10-11-31-23-8-7-19(12-21(23)15-28)13-27-9-5-6-20(14-27)24(25)30/h7-8,12,20H,4-6,9-11,13-16H2,1-3H3,(H2,25,30)/t20-/m0/s1. The second-order valence-corrected chi connectivity index (χ2v) is 8.94. The quantitative estimate of drug-likeness (QED) is 0.770. The summed E-state index contributed by atoms with van der Waals surface area (Å²) in [4.78, 5) is 16.4. The minimum Gasteiger partial charge on any atom is -0.492 e. The van der Waals surface area contributed by atoms with E-state index in [9.17, 15) is 4.79 Å². The van der Waals surface area contributed by atoms with Gasteiger partial charge in [0.05, 0.1) is 11.6 Å². The van der Waals surface area contributed by atoms with Gasteiger partial charge in [-0.3, -0.25) is 19.3 Å². The lowest BCUT2D eigenvalue weighted by molar-refractivity contribution is -0.123. The van der Waals surface area contributed by atoms with Crippen LogP contribution in [0.4, 0.5) is 0 Å². The summed E-state index contributed by atoms with van der Waals surface area (Å²) >= 11 is 0. The summed E-state index contributed by atoms with van der Waals surface area (Å²) in [7, 11) is 0. The van der Waals surface area contributed by atoms with Gasteiger partial charge in [-0.1, -0.05) is 6.07 Å². The fraction of sp³-hybridized carbons (Fsp3) is 0.583. The minimum atomic E-state index is -0.173. The lowest BCUT2D eigenvalue weighted by Crippen LogP contribution is -2.40. The van der Waals surface area contributed by atoms with Crippen LogP contribution in [0.15, 0.2) is 18.2 Å². The molecule has 2 aliphatic heterocycles. The highest BCUT2D eigenvalue weighted by molar-refractivity contribution is 5.76. The van der Waals surface area contributed by atoms with Crippen LogP contribution in [0.25, 0.3) is 0 Å². The minimum absolute atomic E-state index is 0.0241. The highest BCUT2D eigenvalue weighted by Crippen LogP contribution is 2.27. The maximum absolute atomic E-state index is 11.6. The zero-order chi connectivity index (χ0) is 22.0. The average Bonchev–Trinajstić information content (AvgIpc) is 2.90. The number of ether oxygens (including phenoxy) is 1. The zero-order valence-corrected chi connectivity index (χ0v) is 19.1. The number of carbonyl (C=O) groups is 1. The van der Waals surface area contributed by atoms with Crippen molar-refractivity contribution in [2.75, 3.05) is 26.2 Å². The number of hydrogen-bond donors (Lipinski definition) is 1. The summed E-state index contributed by atoms with van der Waals surface area (Å²) in [5, 5.41) is 4.68. The number of piperidine rings is 1. The summed E-state index contributed by atoms with van der Waals surface area (Å²) < 4.78 is 8.15. The van der Waals surface area contributed by atoms with Gasteiger partial charge in [0, 0.05) is 56.1 Å². The molecular weight excluding hydrogens is 390 g/mol. The molecule has 1 aromatic heterocycles. The monoisotopic (exact) mass is 425 g/mol. The van der Waals surface area contributed by atoms with Crippen molar-refractivity contribution in [3.8, 4) is 5.75 Å². The third-order valence-corrected chi connectivity index (χ3v) is 6.71. The smallest absolute Gasteiger partial charge is 0.221 e. The van der Waals surface area contributed by atoms with E-state index >= 15 is 0 Å². The fourth-order valence-corrected chi connectivity index (χ4v) is 4.92. The number of amides is 1. The molecule has 7 heteroatoms. The third kappa shape index (κ3) is 4.93. The summed E-state index contributed by atoms with van der Waals surface area (Å²) in [5.74, 6) is 0.786. The molecular formula is C24H35N5O2. The van der Waals surface area contributed by atoms with Crippen LogP contribution in [-0.2, 0) is 31.0 Å². The van der Waals surface area contributed by atoms with Gasteiger partial charge in [-0.25, -0.2) is 0 Å². The van der Waals surface area contributed by atoms with E-state index in [-0.39, 0.29) is 11.8 Å². The molecule has 1 saturated heterocycles. The molecule has 0 spiro atoms. The molecule has 2 aromatic rings. The molecule has 1 aromatic carbocycles. The Hall–Kier alpha value is -2.38. The molecule has 0 aliphatic carbocycles. The van der Waals surface area contributed by atoms with Gasteiger partial charge in [-0.15, -0.1) is 0 Å². The molecule has 3 heterocycles. The van der Waals surface area contributed by atoms with E-state index in [1.165, 1.54) is 22.4 Å². The SMILES string of the molecule is CCn1nc(C)c(CN2CCOc3ccc(CN4CCC[C@H](C(N)=O)C4)cc3C2)c1C. The predicted molar refractivity (Wildman–Crippen MR) is 121 cm³/mol. The first-order valence-corrected chi connectivity index (χ1v) is 11.5. The maximum atomic E-state index is 11.6. The molecule has 0 unspecified atom stereocenters. The van der Waals surface area contributed by atoms with Gasteiger partial charge < -0.3 is 10.5 Å². The van der Waals surface area contributed by atoms with Crippen LogP contribution in [0.5, 0.6) is 5.75 Å². The summed E-state index contributed by atoms with van der Waals surface area (Å²) in [5.41, 5.74) is 11.7. The highest BCUT2D eigenvalue weighted by atomic mass is 16.5. The molecule has 0 saturated carbocycles. The lowest BCUT2D eigenvalue weighted by atomic mass is 9.97. The molecule has 2 N–H and O–H groups in total. The Bertz CT molecular complexity index is 938. The van der Waals surface area contributed by atoms with Crippen molar-refractivity contribution >= 4 is 5.91 Å². The lowest BCUT2D eigenvalue weighted by Gasteiger charge is -2.31. The van der Waals surface area contributed by atoms with E-state index < -0.39 is 0 Å². The van der Waals surface area contributed by atoms with Crippen molar-refractivity contribution in [1.29, 1.82) is 0 Å². The van der Waals surface area contributed by atoms with Crippen LogP contribution in [0.1, 0.15) is 47.8 Å². The average molecular weight is 426 g/mol. The molecule has 1 amide bonds. The van der Waals surface area contributed by atoms with Gasteiger partial charge in [0.15, 0.2) is 0 Å². The second-order valence-electron chi connectivity index (χ2n) is 8.94. The van der Waals surface area contributed by atoms with Crippen molar-refractivity contribution in [2.45, 2.75) is 59.8 Å². The first-order chi connectivity index (χ1) is 14.9.